The van der Waals surface area contributed by atoms with Gasteiger partial charge in [-0.1, -0.05) is 60.7 Å². The molecular weight excluding hydrogens is 535 g/mol. The summed E-state index contributed by atoms with van der Waals surface area (Å²) in [6.07, 6.45) is -0.0628. The van der Waals surface area contributed by atoms with E-state index in [4.69, 9.17) is 9.47 Å². The second-order valence-corrected chi connectivity index (χ2v) is 10.0. The Balaban J connectivity index is 1.53. The van der Waals surface area contributed by atoms with Crippen molar-refractivity contribution < 1.29 is 33.0 Å². The molecule has 0 saturated heterocycles. The smallest absolute Gasteiger partial charge is 0.317 e. The number of esters is 2. The minimum atomic E-state index is -0.969. The lowest BCUT2D eigenvalue weighted by molar-refractivity contribution is -0.165. The van der Waals surface area contributed by atoms with Crippen LogP contribution in [0.2, 0.25) is 0 Å². The largest absolute Gasteiger partial charge is 0.497 e. The van der Waals surface area contributed by atoms with E-state index in [0.717, 1.165) is 11.1 Å². The Morgan fingerprint density at radius 3 is 1.40 bits per heavy atom. The van der Waals surface area contributed by atoms with E-state index < -0.39 is 29.6 Å². The van der Waals surface area contributed by atoms with E-state index in [9.17, 15) is 23.6 Å². The Bertz CT molecular complexity index is 1500. The van der Waals surface area contributed by atoms with Crippen molar-refractivity contribution in [1.82, 2.24) is 0 Å². The normalized spacial score (nSPS) is 12.1. The standard InChI is InChI=1S/C35H31FO6/c1-41-31-18-14-27(15-19-31)33(38)23-29(21-25-10-6-3-7-11-25)35(40)42-34(39)28(20-24-8-4-2-5-9-24)22-32(37)26-12-16-30(36)17-13-26/h2-19,28-29H,20-23H2,1H3. The van der Waals surface area contributed by atoms with Gasteiger partial charge in [0.2, 0.25) is 0 Å². The second kappa shape index (κ2) is 14.6. The van der Waals surface area contributed by atoms with Crippen LogP contribution in [0, 0.1) is 17.7 Å². The molecule has 0 aromatic heterocycles. The predicted molar refractivity (Wildman–Crippen MR) is 156 cm³/mol. The molecule has 2 unspecified atom stereocenters. The third kappa shape index (κ3) is 8.54. The van der Waals surface area contributed by atoms with Crippen molar-refractivity contribution in [3.8, 4) is 5.75 Å². The van der Waals surface area contributed by atoms with Crippen molar-refractivity contribution in [3.63, 3.8) is 0 Å². The van der Waals surface area contributed by atoms with Gasteiger partial charge in [-0.3, -0.25) is 19.2 Å². The predicted octanol–water partition coefficient (Wildman–Crippen LogP) is 6.47. The molecule has 0 amide bonds. The molecule has 2 atom stereocenters. The average molecular weight is 567 g/mol. The third-order valence-corrected chi connectivity index (χ3v) is 6.96. The Morgan fingerprint density at radius 1 is 0.595 bits per heavy atom. The fourth-order valence-corrected chi connectivity index (χ4v) is 4.64. The number of hydrogen-bond donors (Lipinski definition) is 0. The second-order valence-electron chi connectivity index (χ2n) is 10.0. The summed E-state index contributed by atoms with van der Waals surface area (Å²) in [5.74, 6) is -4.14. The number of ketones is 2. The molecule has 4 aromatic carbocycles. The van der Waals surface area contributed by atoms with Gasteiger partial charge in [0.05, 0.1) is 18.9 Å². The molecule has 4 rings (SSSR count). The molecule has 0 radical (unpaired) electrons. The number of rotatable bonds is 13. The Hall–Kier alpha value is -4.91. The van der Waals surface area contributed by atoms with Crippen LogP contribution in [0.5, 0.6) is 5.75 Å². The number of benzene rings is 4. The molecule has 0 aliphatic heterocycles. The molecule has 0 aliphatic carbocycles. The van der Waals surface area contributed by atoms with Crippen LogP contribution in [-0.4, -0.2) is 30.6 Å². The van der Waals surface area contributed by atoms with Crippen molar-refractivity contribution in [2.45, 2.75) is 25.7 Å². The molecule has 4 aromatic rings. The molecule has 0 spiro atoms. The van der Waals surface area contributed by atoms with E-state index >= 15 is 0 Å². The first-order chi connectivity index (χ1) is 20.3. The summed E-state index contributed by atoms with van der Waals surface area (Å²) in [6, 6.07) is 29.9. The summed E-state index contributed by atoms with van der Waals surface area (Å²) in [4.78, 5) is 53.0. The van der Waals surface area contributed by atoms with E-state index in [1.807, 2.05) is 60.7 Å². The van der Waals surface area contributed by atoms with E-state index in [1.165, 1.54) is 31.4 Å². The van der Waals surface area contributed by atoms with Crippen LogP contribution in [0.25, 0.3) is 0 Å². The summed E-state index contributed by atoms with van der Waals surface area (Å²) in [5.41, 5.74) is 2.25. The van der Waals surface area contributed by atoms with E-state index in [1.54, 1.807) is 24.3 Å². The number of halogens is 1. The molecule has 6 nitrogen and oxygen atoms in total. The molecular formula is C35H31FO6. The van der Waals surface area contributed by atoms with Gasteiger partial charge in [-0.25, -0.2) is 4.39 Å². The lowest BCUT2D eigenvalue weighted by atomic mass is 9.91. The highest BCUT2D eigenvalue weighted by Gasteiger charge is 2.31. The number of methoxy groups -OCH3 is 1. The number of carbonyl (C=O) groups is 4. The first kappa shape index (κ1) is 30.1. The van der Waals surface area contributed by atoms with Gasteiger partial charge in [0.15, 0.2) is 11.6 Å². The Kier molecular flexibility index (Phi) is 10.5. The lowest BCUT2D eigenvalue weighted by Gasteiger charge is -2.19. The monoisotopic (exact) mass is 566 g/mol. The highest BCUT2D eigenvalue weighted by atomic mass is 19.1. The van der Waals surface area contributed by atoms with E-state index in [-0.39, 0.29) is 42.8 Å². The summed E-state index contributed by atoms with van der Waals surface area (Å²) >= 11 is 0. The Morgan fingerprint density at radius 2 is 1.00 bits per heavy atom. The first-order valence-electron chi connectivity index (χ1n) is 13.6. The fraction of sp³-hybridized carbons (Fsp3) is 0.200. The molecule has 0 aliphatic rings. The van der Waals surface area contributed by atoms with Crippen molar-refractivity contribution >= 4 is 23.5 Å². The molecule has 0 N–H and O–H groups in total. The molecule has 214 valence electrons. The average Bonchev–Trinajstić information content (AvgIpc) is 3.01. The number of ether oxygens (including phenoxy) is 2. The van der Waals surface area contributed by atoms with Crippen LogP contribution in [0.15, 0.2) is 109 Å². The quantitative estimate of drug-likeness (QED) is 0.105. The number of Topliss-reactive ketones (excluding diaryl/α,β-unsaturated/α-hetero) is 2. The lowest BCUT2D eigenvalue weighted by Crippen LogP contribution is -2.30. The fourth-order valence-electron chi connectivity index (χ4n) is 4.64. The maximum Gasteiger partial charge on any atom is 0.317 e. The van der Waals surface area contributed by atoms with Gasteiger partial charge < -0.3 is 9.47 Å². The molecule has 0 heterocycles. The minimum Gasteiger partial charge on any atom is -0.497 e. The van der Waals surface area contributed by atoms with Crippen molar-refractivity contribution in [3.05, 3.63) is 137 Å². The highest BCUT2D eigenvalue weighted by molar-refractivity contribution is 6.01. The van der Waals surface area contributed by atoms with Crippen LogP contribution in [-0.2, 0) is 27.2 Å². The zero-order valence-corrected chi connectivity index (χ0v) is 23.2. The van der Waals surface area contributed by atoms with Gasteiger partial charge >= 0.3 is 11.9 Å². The molecule has 0 saturated carbocycles. The summed E-state index contributed by atoms with van der Waals surface area (Å²) in [7, 11) is 1.53. The van der Waals surface area contributed by atoms with Crippen LogP contribution in [0.4, 0.5) is 4.39 Å². The van der Waals surface area contributed by atoms with Crippen LogP contribution in [0.1, 0.15) is 44.7 Å². The maximum absolute atomic E-state index is 13.4. The molecule has 0 bridgehead atoms. The third-order valence-electron chi connectivity index (χ3n) is 6.96. The van der Waals surface area contributed by atoms with Gasteiger partial charge in [0.25, 0.3) is 0 Å². The van der Waals surface area contributed by atoms with Crippen LogP contribution < -0.4 is 4.74 Å². The van der Waals surface area contributed by atoms with Gasteiger partial charge in [0, 0.05) is 24.0 Å². The zero-order chi connectivity index (χ0) is 29.9. The molecule has 42 heavy (non-hydrogen) atoms. The van der Waals surface area contributed by atoms with Crippen molar-refractivity contribution in [2.75, 3.05) is 7.11 Å². The summed E-state index contributed by atoms with van der Waals surface area (Å²) < 4.78 is 23.9. The first-order valence-corrected chi connectivity index (χ1v) is 13.6. The van der Waals surface area contributed by atoms with Gasteiger partial charge in [0.1, 0.15) is 11.6 Å². The zero-order valence-electron chi connectivity index (χ0n) is 23.2. The van der Waals surface area contributed by atoms with E-state index in [0.29, 0.717) is 11.3 Å². The SMILES string of the molecule is COc1ccc(C(=O)CC(Cc2ccccc2)C(=O)OC(=O)C(CC(=O)c2ccc(F)cc2)Cc2ccccc2)cc1. The number of hydrogen-bond acceptors (Lipinski definition) is 6. The van der Waals surface area contributed by atoms with Gasteiger partial charge in [-0.2, -0.15) is 0 Å². The topological polar surface area (TPSA) is 86.7 Å². The van der Waals surface area contributed by atoms with Gasteiger partial charge in [-0.05, 0) is 72.5 Å². The van der Waals surface area contributed by atoms with Crippen molar-refractivity contribution in [2.24, 2.45) is 11.8 Å². The van der Waals surface area contributed by atoms with Gasteiger partial charge in [-0.15, -0.1) is 0 Å². The minimum absolute atomic E-state index is 0.161. The number of carbonyl (C=O) groups excluding carboxylic acids is 4. The van der Waals surface area contributed by atoms with E-state index in [2.05, 4.69) is 0 Å². The van der Waals surface area contributed by atoms with Crippen LogP contribution in [0.3, 0.4) is 0 Å². The molecule has 7 heteroatoms. The summed E-state index contributed by atoms with van der Waals surface area (Å²) in [6.45, 7) is 0. The van der Waals surface area contributed by atoms with Crippen molar-refractivity contribution in [1.29, 1.82) is 0 Å². The van der Waals surface area contributed by atoms with Crippen LogP contribution >= 0.6 is 0 Å². The highest BCUT2D eigenvalue weighted by Crippen LogP contribution is 2.23. The summed E-state index contributed by atoms with van der Waals surface area (Å²) in [5, 5.41) is 0. The maximum atomic E-state index is 13.4. The Labute approximate surface area is 244 Å². The molecule has 0 fully saturated rings.